The smallest absolute Gasteiger partial charge is 0.265 e. The Bertz CT molecular complexity index is 2020. The molecule has 0 bridgehead atoms. The molecule has 1 aromatic carbocycles. The molecule has 14 nitrogen and oxygen atoms in total. The van der Waals surface area contributed by atoms with Crippen LogP contribution in [0.5, 0.6) is 17.4 Å². The number of nitrogens with one attached hydrogen (secondary N) is 1. The van der Waals surface area contributed by atoms with Crippen molar-refractivity contribution in [1.29, 1.82) is 0 Å². The van der Waals surface area contributed by atoms with Gasteiger partial charge >= 0.3 is 0 Å². The second-order valence-electron chi connectivity index (χ2n) is 18.0. The average molecular weight is 845 g/mol. The number of carbonyl (C=O) groups excluding carboxylic acids is 2. The lowest BCUT2D eigenvalue weighted by Crippen LogP contribution is -2.68. The largest absolute Gasteiger partial charge is 0.507 e. The van der Waals surface area contributed by atoms with Crippen LogP contribution in [0.25, 0.3) is 5.76 Å². The molecular weight excluding hydrogens is 781 g/mol. The zero-order valence-corrected chi connectivity index (χ0v) is 37.9. The van der Waals surface area contributed by atoms with E-state index in [0.29, 0.717) is 73.2 Å². The zero-order valence-electron chi connectivity index (χ0n) is 36.1. The molecule has 2 heterocycles. The van der Waals surface area contributed by atoms with Gasteiger partial charge in [-0.1, -0.05) is 47.5 Å². The third-order valence-corrected chi connectivity index (χ3v) is 19.2. The first-order valence-corrected chi connectivity index (χ1v) is 25.5. The molecule has 2 N–H and O–H groups in total. The van der Waals surface area contributed by atoms with Crippen LogP contribution in [-0.4, -0.2) is 113 Å². The molecule has 322 valence electrons. The van der Waals surface area contributed by atoms with Crippen molar-refractivity contribution in [1.82, 2.24) is 14.4 Å². The first-order chi connectivity index (χ1) is 27.4. The van der Waals surface area contributed by atoms with Crippen LogP contribution in [0.3, 0.4) is 0 Å². The van der Waals surface area contributed by atoms with Crippen LogP contribution >= 0.6 is 0 Å². The summed E-state index contributed by atoms with van der Waals surface area (Å²) >= 11 is 0. The van der Waals surface area contributed by atoms with E-state index in [-0.39, 0.29) is 35.1 Å². The van der Waals surface area contributed by atoms with E-state index >= 15 is 9.59 Å². The third kappa shape index (κ3) is 7.72. The molecule has 1 aliphatic heterocycles. The second kappa shape index (κ2) is 16.9. The van der Waals surface area contributed by atoms with Gasteiger partial charge in [-0.3, -0.25) is 14.5 Å². The van der Waals surface area contributed by atoms with Gasteiger partial charge in [-0.15, -0.1) is 0 Å². The SMILES string of the molecule is CCCCOc1noc2c1C(=O)[C@@]1(O[Si](C)(C)C(C)(C)C)C(=O)C3=C(O)c4c(c(OC)cc(NCCS(=O)(=O)N5CCCC5)c4OCCCC)C[C@H]3C[C@H]1[C@@H]2N(C)C. The van der Waals surface area contributed by atoms with Gasteiger partial charge < -0.3 is 33.6 Å². The van der Waals surface area contributed by atoms with Crippen LogP contribution in [0, 0.1) is 11.8 Å². The van der Waals surface area contributed by atoms with Crippen molar-refractivity contribution < 1.29 is 46.3 Å². The minimum atomic E-state index is -3.49. The maximum atomic E-state index is 15.8. The minimum Gasteiger partial charge on any atom is -0.507 e. The summed E-state index contributed by atoms with van der Waals surface area (Å²) in [6.45, 7) is 16.1. The number of rotatable bonds is 17. The van der Waals surface area contributed by atoms with Gasteiger partial charge in [0.25, 0.3) is 5.88 Å². The summed E-state index contributed by atoms with van der Waals surface area (Å²) in [5, 5.41) is 19.8. The highest BCUT2D eigenvalue weighted by atomic mass is 32.2. The number of hydrogen-bond acceptors (Lipinski definition) is 13. The number of nitrogens with zero attached hydrogens (tertiary/aromatic N) is 3. The quantitative estimate of drug-likeness (QED) is 0.0935. The Labute approximate surface area is 345 Å². The highest BCUT2D eigenvalue weighted by Crippen LogP contribution is 2.60. The van der Waals surface area contributed by atoms with Crippen LogP contribution in [0.4, 0.5) is 5.69 Å². The summed E-state index contributed by atoms with van der Waals surface area (Å²) in [5.74, 6) is -1.64. The lowest BCUT2D eigenvalue weighted by atomic mass is 9.57. The van der Waals surface area contributed by atoms with Crippen molar-refractivity contribution in [2.45, 2.75) is 116 Å². The molecule has 1 aromatic heterocycles. The van der Waals surface area contributed by atoms with E-state index in [1.54, 1.807) is 13.2 Å². The highest BCUT2D eigenvalue weighted by Gasteiger charge is 2.69. The summed E-state index contributed by atoms with van der Waals surface area (Å²) in [4.78, 5) is 33.2. The number of hydrogen-bond donors (Lipinski definition) is 2. The molecule has 0 radical (unpaired) electrons. The number of aliphatic hydroxyl groups is 1. The molecule has 2 fully saturated rings. The number of carbonyl (C=O) groups is 2. The summed E-state index contributed by atoms with van der Waals surface area (Å²) in [5.41, 5.74) is -0.416. The number of aliphatic hydroxyl groups excluding tert-OH is 1. The van der Waals surface area contributed by atoms with Gasteiger partial charge in [-0.25, -0.2) is 12.7 Å². The fourth-order valence-electron chi connectivity index (χ4n) is 8.75. The predicted octanol–water partition coefficient (Wildman–Crippen LogP) is 7.17. The van der Waals surface area contributed by atoms with Gasteiger partial charge in [0.05, 0.1) is 43.4 Å². The Morgan fingerprint density at radius 1 is 1.05 bits per heavy atom. The monoisotopic (exact) mass is 844 g/mol. The van der Waals surface area contributed by atoms with E-state index in [9.17, 15) is 13.5 Å². The predicted molar refractivity (Wildman–Crippen MR) is 225 cm³/mol. The normalized spacial score (nSPS) is 23.7. The van der Waals surface area contributed by atoms with Crippen LogP contribution in [0.15, 0.2) is 16.2 Å². The number of anilines is 1. The Morgan fingerprint density at radius 3 is 2.31 bits per heavy atom. The second-order valence-corrected chi connectivity index (χ2v) is 24.8. The topological polar surface area (TPSA) is 170 Å². The summed E-state index contributed by atoms with van der Waals surface area (Å²) < 4.78 is 59.5. The fourth-order valence-corrected chi connectivity index (χ4v) is 11.6. The van der Waals surface area contributed by atoms with Gasteiger partial charge in [0.15, 0.2) is 25.4 Å². The number of unbranched alkanes of at least 4 members (excludes halogenated alkanes) is 2. The van der Waals surface area contributed by atoms with Gasteiger partial charge in [-0.2, -0.15) is 0 Å². The van der Waals surface area contributed by atoms with Gasteiger partial charge in [0.2, 0.25) is 21.6 Å². The Morgan fingerprint density at radius 2 is 1.71 bits per heavy atom. The van der Waals surface area contributed by atoms with E-state index in [4.69, 9.17) is 23.2 Å². The van der Waals surface area contributed by atoms with Crippen molar-refractivity contribution in [3.8, 4) is 17.4 Å². The van der Waals surface area contributed by atoms with Crippen LogP contribution in [0.1, 0.15) is 113 Å². The number of fused-ring (bicyclic) bond motifs is 4. The molecule has 58 heavy (non-hydrogen) atoms. The highest BCUT2D eigenvalue weighted by molar-refractivity contribution is 7.89. The van der Waals surface area contributed by atoms with Crippen molar-refractivity contribution >= 4 is 41.4 Å². The van der Waals surface area contributed by atoms with Crippen molar-refractivity contribution in [3.63, 3.8) is 0 Å². The first kappa shape index (κ1) is 44.1. The summed E-state index contributed by atoms with van der Waals surface area (Å²) in [7, 11) is -1.09. The molecule has 4 atom stereocenters. The van der Waals surface area contributed by atoms with E-state index in [1.165, 1.54) is 4.31 Å². The summed E-state index contributed by atoms with van der Waals surface area (Å²) in [6, 6.07) is 1.20. The molecule has 4 aliphatic rings. The van der Waals surface area contributed by atoms with Crippen molar-refractivity contribution in [3.05, 3.63) is 34.1 Å². The van der Waals surface area contributed by atoms with E-state index in [1.807, 2.05) is 45.9 Å². The van der Waals surface area contributed by atoms with Crippen LogP contribution < -0.4 is 19.5 Å². The molecule has 3 aliphatic carbocycles. The number of benzene rings is 1. The molecule has 0 spiro atoms. The average Bonchev–Trinajstić information content (AvgIpc) is 3.85. The molecule has 16 heteroatoms. The summed E-state index contributed by atoms with van der Waals surface area (Å²) in [6.07, 6.45) is 5.48. The Balaban J connectivity index is 1.53. The molecule has 0 amide bonds. The lowest BCUT2D eigenvalue weighted by Gasteiger charge is -2.55. The number of sulfonamides is 1. The maximum Gasteiger partial charge on any atom is 0.265 e. The van der Waals surface area contributed by atoms with Crippen LogP contribution in [0.2, 0.25) is 18.1 Å². The minimum absolute atomic E-state index is 0.0397. The number of ketones is 2. The fraction of sp³-hybridized carbons (Fsp3) is 0.690. The number of aromatic nitrogens is 1. The molecular formula is C42H64N4O10SSi. The maximum absolute atomic E-state index is 15.8. The third-order valence-electron chi connectivity index (χ3n) is 12.9. The van der Waals surface area contributed by atoms with Gasteiger partial charge in [-0.05, 0) is 81.8 Å². The first-order valence-electron chi connectivity index (χ1n) is 21.0. The standard InChI is InChI=1S/C42H64N4O10SSi/c1-11-13-20-53-36-29(43-17-22-57(50,51)46-18-15-16-19-46)25-30(52-8)27-23-26-24-28-34(45(6)7)37-33(40(44-55-37)54-21-14-12-2)39(49)42(28,56-58(9,10)41(3,4)5)38(48)31(26)35(47)32(27)36/h25-26,28,34,43,47H,11-24H2,1-10H3/t26-,28-,34-,42-/m0/s1. The zero-order chi connectivity index (χ0) is 42.4. The Hall–Kier alpha value is -3.44. The van der Waals surface area contributed by atoms with E-state index < -0.39 is 58.4 Å². The molecule has 1 saturated heterocycles. The molecule has 6 rings (SSSR count). The van der Waals surface area contributed by atoms with Gasteiger partial charge in [0.1, 0.15) is 17.1 Å². The number of Topliss-reactive ketones (excluding diaryl/α,β-unsaturated/α-hetero) is 2. The van der Waals surface area contributed by atoms with E-state index in [2.05, 4.69) is 31.2 Å². The molecule has 1 saturated carbocycles. The lowest BCUT2D eigenvalue weighted by molar-refractivity contribution is -0.140. The van der Waals surface area contributed by atoms with Gasteiger partial charge in [0, 0.05) is 42.8 Å². The van der Waals surface area contributed by atoms with Crippen LogP contribution in [-0.2, 0) is 25.7 Å². The van der Waals surface area contributed by atoms with Crippen molar-refractivity contribution in [2.75, 3.05) is 65.1 Å². The molecule has 0 unspecified atom stereocenters. The van der Waals surface area contributed by atoms with E-state index in [0.717, 1.165) is 38.5 Å². The molecule has 2 aromatic rings. The number of ether oxygens (including phenoxy) is 3. The van der Waals surface area contributed by atoms with Crippen molar-refractivity contribution in [2.24, 2.45) is 11.8 Å². The number of methoxy groups -OCH3 is 1. The Kier molecular flexibility index (Phi) is 12.9.